The molecule has 0 N–H and O–H groups in total. The molecule has 0 aromatic heterocycles. The van der Waals surface area contributed by atoms with E-state index in [1.165, 1.54) is 0 Å². The van der Waals surface area contributed by atoms with E-state index in [0.717, 1.165) is 12.2 Å². The van der Waals surface area contributed by atoms with Crippen molar-refractivity contribution in [2.24, 2.45) is 0 Å². The lowest BCUT2D eigenvalue weighted by atomic mass is 10.3. The zero-order valence-corrected chi connectivity index (χ0v) is 10.0. The van der Waals surface area contributed by atoms with Crippen molar-refractivity contribution in [2.45, 2.75) is 25.5 Å². The summed E-state index contributed by atoms with van der Waals surface area (Å²) in [4.78, 5) is 24.4. The molecule has 0 aromatic rings. The lowest BCUT2D eigenvalue weighted by Crippen LogP contribution is -2.45. The van der Waals surface area contributed by atoms with E-state index in [0.29, 0.717) is 18.3 Å². The topological polar surface area (TPSA) is 46.6 Å². The largest absolute Gasteiger partial charge is 0.459 e. The first-order chi connectivity index (χ1) is 7.19. The van der Waals surface area contributed by atoms with Crippen LogP contribution >= 0.6 is 11.8 Å². The molecule has 0 spiro atoms. The van der Waals surface area contributed by atoms with Crippen LogP contribution in [0, 0.1) is 0 Å². The van der Waals surface area contributed by atoms with E-state index in [2.05, 4.69) is 11.7 Å². The fraction of sp³-hybridized carbons (Fsp3) is 0.800. The Labute approximate surface area is 94.3 Å². The van der Waals surface area contributed by atoms with Crippen molar-refractivity contribution >= 4 is 23.6 Å². The molecule has 0 bridgehead atoms. The van der Waals surface area contributed by atoms with Gasteiger partial charge in [0.2, 0.25) is 0 Å². The van der Waals surface area contributed by atoms with Gasteiger partial charge >= 0.3 is 11.9 Å². The van der Waals surface area contributed by atoms with Crippen LogP contribution in [0.15, 0.2) is 0 Å². The molecule has 1 rings (SSSR count). The minimum Gasteiger partial charge on any atom is -0.459 e. The molecular weight excluding hydrogens is 214 g/mol. The smallest absolute Gasteiger partial charge is 0.397 e. The predicted octanol–water partition coefficient (Wildman–Crippen LogP) is 0.904. The van der Waals surface area contributed by atoms with Gasteiger partial charge in [-0.3, -0.25) is 4.79 Å². The molecule has 1 fully saturated rings. The van der Waals surface area contributed by atoms with Crippen LogP contribution in [0.5, 0.6) is 0 Å². The molecule has 1 aliphatic rings. The van der Waals surface area contributed by atoms with Gasteiger partial charge in [-0.15, -0.1) is 0 Å². The van der Waals surface area contributed by atoms with Gasteiger partial charge in [0, 0.05) is 24.1 Å². The van der Waals surface area contributed by atoms with Crippen molar-refractivity contribution in [1.82, 2.24) is 4.90 Å². The van der Waals surface area contributed by atoms with Crippen LogP contribution < -0.4 is 0 Å². The van der Waals surface area contributed by atoms with E-state index in [4.69, 9.17) is 0 Å². The minimum absolute atomic E-state index is 0.254. The van der Waals surface area contributed by atoms with Gasteiger partial charge in [0.05, 0.1) is 6.61 Å². The number of rotatable bonds is 2. The Bertz CT molecular complexity index is 245. The highest BCUT2D eigenvalue weighted by Gasteiger charge is 2.28. The molecule has 0 saturated carbocycles. The molecule has 86 valence electrons. The number of hydrogen-bond donors (Lipinski definition) is 0. The summed E-state index contributed by atoms with van der Waals surface area (Å²) in [7, 11) is 0. The van der Waals surface area contributed by atoms with Crippen molar-refractivity contribution in [3.8, 4) is 0 Å². The summed E-state index contributed by atoms with van der Waals surface area (Å²) < 4.78 is 4.69. The van der Waals surface area contributed by atoms with Gasteiger partial charge in [0.15, 0.2) is 0 Å². The minimum atomic E-state index is -0.723. The molecule has 4 nitrogen and oxygen atoms in total. The van der Waals surface area contributed by atoms with Gasteiger partial charge < -0.3 is 9.64 Å². The molecule has 0 radical (unpaired) electrons. The second-order valence-corrected chi connectivity index (χ2v) is 4.78. The maximum Gasteiger partial charge on any atom is 0.397 e. The van der Waals surface area contributed by atoms with Crippen molar-refractivity contribution in [3.05, 3.63) is 0 Å². The first-order valence-corrected chi connectivity index (χ1v) is 6.31. The molecule has 1 amide bonds. The highest BCUT2D eigenvalue weighted by molar-refractivity contribution is 8.00. The number of carbonyl (C=O) groups is 2. The summed E-state index contributed by atoms with van der Waals surface area (Å²) in [6, 6.07) is 0. The maximum absolute atomic E-state index is 11.6. The first-order valence-electron chi connectivity index (χ1n) is 5.26. The SMILES string of the molecule is CCOC(=O)C(=O)N1CCSC(CC)C1. The highest BCUT2D eigenvalue weighted by Crippen LogP contribution is 2.21. The number of nitrogens with zero attached hydrogens (tertiary/aromatic N) is 1. The lowest BCUT2D eigenvalue weighted by Gasteiger charge is -2.30. The average Bonchev–Trinajstić information content (AvgIpc) is 2.28. The van der Waals surface area contributed by atoms with Crippen LogP contribution in [0.4, 0.5) is 0 Å². The highest BCUT2D eigenvalue weighted by atomic mass is 32.2. The van der Waals surface area contributed by atoms with Crippen LogP contribution in [-0.4, -0.2) is 47.5 Å². The molecule has 1 heterocycles. The van der Waals surface area contributed by atoms with Crippen LogP contribution in [0.3, 0.4) is 0 Å². The number of hydrogen-bond acceptors (Lipinski definition) is 4. The maximum atomic E-state index is 11.6. The summed E-state index contributed by atoms with van der Waals surface area (Å²) in [5, 5.41) is 0.456. The third-order valence-corrected chi connectivity index (χ3v) is 3.70. The van der Waals surface area contributed by atoms with Gasteiger partial charge in [-0.1, -0.05) is 6.92 Å². The number of esters is 1. The van der Waals surface area contributed by atoms with E-state index < -0.39 is 11.9 Å². The number of amides is 1. The van der Waals surface area contributed by atoms with Crippen LogP contribution in [0.25, 0.3) is 0 Å². The van der Waals surface area contributed by atoms with E-state index in [9.17, 15) is 9.59 Å². The number of ether oxygens (including phenoxy) is 1. The fourth-order valence-electron chi connectivity index (χ4n) is 1.47. The van der Waals surface area contributed by atoms with Crippen LogP contribution in [-0.2, 0) is 14.3 Å². The molecule has 1 unspecified atom stereocenters. The van der Waals surface area contributed by atoms with E-state index in [1.54, 1.807) is 11.8 Å². The van der Waals surface area contributed by atoms with E-state index in [-0.39, 0.29) is 6.61 Å². The first kappa shape index (κ1) is 12.4. The van der Waals surface area contributed by atoms with Crippen molar-refractivity contribution in [1.29, 1.82) is 0 Å². The summed E-state index contributed by atoms with van der Waals surface area (Å²) in [5.41, 5.74) is 0. The zero-order chi connectivity index (χ0) is 11.3. The van der Waals surface area contributed by atoms with Gasteiger partial charge in [-0.2, -0.15) is 11.8 Å². The lowest BCUT2D eigenvalue weighted by molar-refractivity contribution is -0.159. The zero-order valence-electron chi connectivity index (χ0n) is 9.19. The molecule has 5 heteroatoms. The summed E-state index contributed by atoms with van der Waals surface area (Å²) in [5.74, 6) is -0.307. The Hall–Kier alpha value is -0.710. The fourth-order valence-corrected chi connectivity index (χ4v) is 2.65. The predicted molar refractivity (Wildman–Crippen MR) is 59.8 cm³/mol. The molecule has 0 aliphatic carbocycles. The Kier molecular flexibility index (Phi) is 4.94. The summed E-state index contributed by atoms with van der Waals surface area (Å²) >= 11 is 1.86. The van der Waals surface area contributed by atoms with E-state index >= 15 is 0 Å². The van der Waals surface area contributed by atoms with Gasteiger partial charge in [0.25, 0.3) is 0 Å². The molecule has 1 atom stereocenters. The molecular formula is C10H17NO3S. The van der Waals surface area contributed by atoms with Crippen LogP contribution in [0.2, 0.25) is 0 Å². The van der Waals surface area contributed by atoms with Crippen molar-refractivity contribution in [2.75, 3.05) is 25.4 Å². The normalized spacial score (nSPS) is 21.2. The molecule has 1 saturated heterocycles. The van der Waals surface area contributed by atoms with Gasteiger partial charge in [-0.25, -0.2) is 4.79 Å². The third kappa shape index (κ3) is 3.41. The summed E-state index contributed by atoms with van der Waals surface area (Å²) in [6.07, 6.45) is 1.03. The van der Waals surface area contributed by atoms with Crippen LogP contribution in [0.1, 0.15) is 20.3 Å². The second kappa shape index (κ2) is 6.00. The average molecular weight is 231 g/mol. The molecule has 1 aliphatic heterocycles. The number of thioether (sulfide) groups is 1. The van der Waals surface area contributed by atoms with Crippen molar-refractivity contribution < 1.29 is 14.3 Å². The standard InChI is InChI=1S/C10H17NO3S/c1-3-8-7-11(5-6-15-8)9(12)10(13)14-4-2/h8H,3-7H2,1-2H3. The van der Waals surface area contributed by atoms with Crippen molar-refractivity contribution in [3.63, 3.8) is 0 Å². The molecule has 0 aromatic carbocycles. The Balaban J connectivity index is 2.48. The Morgan fingerprint density at radius 3 is 2.80 bits per heavy atom. The van der Waals surface area contributed by atoms with E-state index in [1.807, 2.05) is 11.8 Å². The number of carbonyl (C=O) groups excluding carboxylic acids is 2. The Morgan fingerprint density at radius 2 is 2.20 bits per heavy atom. The third-order valence-electron chi connectivity index (χ3n) is 2.33. The molecule has 15 heavy (non-hydrogen) atoms. The second-order valence-electron chi connectivity index (χ2n) is 3.37. The Morgan fingerprint density at radius 1 is 1.47 bits per heavy atom. The quantitative estimate of drug-likeness (QED) is 0.523. The summed E-state index contributed by atoms with van der Waals surface area (Å²) in [6.45, 7) is 5.37. The van der Waals surface area contributed by atoms with Gasteiger partial charge in [-0.05, 0) is 13.3 Å². The monoisotopic (exact) mass is 231 g/mol. The van der Waals surface area contributed by atoms with Gasteiger partial charge in [0.1, 0.15) is 0 Å².